The minimum atomic E-state index is 0.0383. The van der Waals surface area contributed by atoms with Gasteiger partial charge in [0.15, 0.2) is 5.65 Å². The molecule has 2 aromatic heterocycles. The van der Waals surface area contributed by atoms with Crippen LogP contribution in [0, 0.1) is 12.3 Å². The molecule has 1 aliphatic carbocycles. The first kappa shape index (κ1) is 12.4. The molecule has 19 heavy (non-hydrogen) atoms. The van der Waals surface area contributed by atoms with Gasteiger partial charge in [0.2, 0.25) is 0 Å². The van der Waals surface area contributed by atoms with E-state index in [1.165, 1.54) is 12.8 Å². The summed E-state index contributed by atoms with van der Waals surface area (Å²) >= 11 is 0. The van der Waals surface area contributed by atoms with E-state index in [0.29, 0.717) is 0 Å². The van der Waals surface area contributed by atoms with Crippen LogP contribution in [0.25, 0.3) is 5.65 Å². The van der Waals surface area contributed by atoms with Gasteiger partial charge in [-0.05, 0) is 37.5 Å². The maximum atomic E-state index is 9.65. The molecule has 0 spiro atoms. The summed E-state index contributed by atoms with van der Waals surface area (Å²) in [7, 11) is 0. The van der Waals surface area contributed by atoms with Crippen LogP contribution in [0.15, 0.2) is 18.5 Å². The molecule has 2 N–H and O–H groups in total. The van der Waals surface area contributed by atoms with Crippen molar-refractivity contribution in [2.24, 2.45) is 5.41 Å². The Balaban J connectivity index is 1.83. The van der Waals surface area contributed by atoms with E-state index in [9.17, 15) is 5.11 Å². The van der Waals surface area contributed by atoms with E-state index in [2.05, 4.69) is 28.4 Å². The van der Waals surface area contributed by atoms with Gasteiger partial charge >= 0.3 is 0 Å². The van der Waals surface area contributed by atoms with Crippen molar-refractivity contribution in [3.05, 3.63) is 24.0 Å². The van der Waals surface area contributed by atoms with E-state index in [1.54, 1.807) is 6.33 Å². The molecular formula is C14H20N4O. The number of aryl methyl sites for hydroxylation is 1. The molecule has 0 aromatic carbocycles. The molecule has 1 fully saturated rings. The molecule has 1 saturated carbocycles. The number of aliphatic hydroxyl groups is 1. The fraction of sp³-hybridized carbons (Fsp3) is 0.571. The molecular weight excluding hydrogens is 240 g/mol. The van der Waals surface area contributed by atoms with Crippen LogP contribution >= 0.6 is 0 Å². The Labute approximate surface area is 112 Å². The molecule has 0 bridgehead atoms. The molecule has 0 unspecified atom stereocenters. The van der Waals surface area contributed by atoms with Gasteiger partial charge in [-0.1, -0.05) is 12.8 Å². The van der Waals surface area contributed by atoms with Crippen LogP contribution in [0.2, 0.25) is 0 Å². The lowest BCUT2D eigenvalue weighted by Crippen LogP contribution is -2.31. The van der Waals surface area contributed by atoms with Crippen LogP contribution in [0.3, 0.4) is 0 Å². The van der Waals surface area contributed by atoms with Gasteiger partial charge in [-0.2, -0.15) is 9.61 Å². The van der Waals surface area contributed by atoms with Gasteiger partial charge in [-0.25, -0.2) is 4.98 Å². The lowest BCUT2D eigenvalue weighted by Gasteiger charge is -2.27. The third-order valence-electron chi connectivity index (χ3n) is 4.17. The Morgan fingerprint density at radius 3 is 2.89 bits per heavy atom. The van der Waals surface area contributed by atoms with Gasteiger partial charge in [0, 0.05) is 12.0 Å². The Morgan fingerprint density at radius 1 is 1.37 bits per heavy atom. The number of nitrogens with zero attached hydrogens (tertiary/aromatic N) is 3. The molecule has 0 saturated heterocycles. The third kappa shape index (κ3) is 2.30. The first-order chi connectivity index (χ1) is 9.22. The highest BCUT2D eigenvalue weighted by Crippen LogP contribution is 2.37. The molecule has 5 heteroatoms. The maximum Gasteiger partial charge on any atom is 0.157 e. The predicted molar refractivity (Wildman–Crippen MR) is 74.2 cm³/mol. The number of hydrogen-bond donors (Lipinski definition) is 2. The number of nitrogens with one attached hydrogen (secondary N) is 1. The summed E-state index contributed by atoms with van der Waals surface area (Å²) < 4.78 is 1.81. The molecule has 2 aromatic rings. The summed E-state index contributed by atoms with van der Waals surface area (Å²) in [5.41, 5.74) is 2.05. The van der Waals surface area contributed by atoms with Crippen molar-refractivity contribution >= 4 is 11.5 Å². The minimum absolute atomic E-state index is 0.0383. The fourth-order valence-electron chi connectivity index (χ4n) is 2.98. The third-order valence-corrected chi connectivity index (χ3v) is 4.17. The number of fused-ring (bicyclic) bond motifs is 1. The van der Waals surface area contributed by atoms with Gasteiger partial charge in [0.05, 0.1) is 6.61 Å². The van der Waals surface area contributed by atoms with Crippen molar-refractivity contribution in [3.63, 3.8) is 0 Å². The summed E-state index contributed by atoms with van der Waals surface area (Å²) in [5.74, 6) is 0.951. The Morgan fingerprint density at radius 2 is 2.16 bits per heavy atom. The summed E-state index contributed by atoms with van der Waals surface area (Å²) in [5, 5.41) is 17.3. The normalized spacial score (nSPS) is 18.0. The summed E-state index contributed by atoms with van der Waals surface area (Å²) in [4.78, 5) is 4.22. The molecule has 3 rings (SSSR count). The SMILES string of the molecule is Cc1cc(NCC2(CO)CCCC2)n2ncnc2c1. The number of aliphatic hydroxyl groups excluding tert-OH is 1. The number of hydrogen-bond acceptors (Lipinski definition) is 4. The Hall–Kier alpha value is -1.62. The zero-order valence-corrected chi connectivity index (χ0v) is 11.3. The highest BCUT2D eigenvalue weighted by Gasteiger charge is 2.33. The van der Waals surface area contributed by atoms with Crippen LogP contribution in [-0.4, -0.2) is 32.9 Å². The summed E-state index contributed by atoms with van der Waals surface area (Å²) in [6.45, 7) is 3.10. The lowest BCUT2D eigenvalue weighted by molar-refractivity contribution is 0.142. The number of rotatable bonds is 4. The topological polar surface area (TPSA) is 62.5 Å². The van der Waals surface area contributed by atoms with Crippen LogP contribution in [0.4, 0.5) is 5.82 Å². The average Bonchev–Trinajstić information content (AvgIpc) is 3.05. The van der Waals surface area contributed by atoms with Crippen LogP contribution in [-0.2, 0) is 0 Å². The fourth-order valence-corrected chi connectivity index (χ4v) is 2.98. The van der Waals surface area contributed by atoms with Gasteiger partial charge < -0.3 is 10.4 Å². The van der Waals surface area contributed by atoms with E-state index in [-0.39, 0.29) is 12.0 Å². The smallest absolute Gasteiger partial charge is 0.157 e. The van der Waals surface area contributed by atoms with Crippen molar-refractivity contribution in [2.45, 2.75) is 32.6 Å². The molecule has 0 atom stereocenters. The van der Waals surface area contributed by atoms with Crippen molar-refractivity contribution in [1.82, 2.24) is 14.6 Å². The molecule has 1 aliphatic rings. The quantitative estimate of drug-likeness (QED) is 0.882. The van der Waals surface area contributed by atoms with Gasteiger partial charge in [0.1, 0.15) is 12.1 Å². The maximum absolute atomic E-state index is 9.65. The Kier molecular flexibility index (Phi) is 3.14. The molecule has 0 radical (unpaired) electrons. The van der Waals surface area contributed by atoms with Crippen molar-refractivity contribution < 1.29 is 5.11 Å². The van der Waals surface area contributed by atoms with Crippen LogP contribution in [0.1, 0.15) is 31.2 Å². The molecule has 102 valence electrons. The first-order valence-corrected chi connectivity index (χ1v) is 6.88. The summed E-state index contributed by atoms with van der Waals surface area (Å²) in [6.07, 6.45) is 6.20. The molecule has 5 nitrogen and oxygen atoms in total. The molecule has 0 aliphatic heterocycles. The molecule has 2 heterocycles. The van der Waals surface area contributed by atoms with E-state index in [4.69, 9.17) is 0 Å². The highest BCUT2D eigenvalue weighted by atomic mass is 16.3. The standard InChI is InChI=1S/C14H20N4O/c1-11-6-12(18-13(7-11)16-10-17-18)15-8-14(9-19)4-2-3-5-14/h6-7,10,15,19H,2-5,8-9H2,1H3. The summed E-state index contributed by atoms with van der Waals surface area (Å²) in [6, 6.07) is 4.08. The monoisotopic (exact) mass is 260 g/mol. The second-order valence-corrected chi connectivity index (χ2v) is 5.67. The predicted octanol–water partition coefficient (Wildman–Crippen LogP) is 2.00. The molecule has 0 amide bonds. The minimum Gasteiger partial charge on any atom is -0.396 e. The second kappa shape index (κ2) is 4.81. The number of pyridine rings is 1. The number of aromatic nitrogens is 3. The second-order valence-electron chi connectivity index (χ2n) is 5.67. The van der Waals surface area contributed by atoms with E-state index >= 15 is 0 Å². The Bertz CT molecular complexity index is 572. The first-order valence-electron chi connectivity index (χ1n) is 6.88. The number of anilines is 1. The zero-order chi connectivity index (χ0) is 13.3. The van der Waals surface area contributed by atoms with Gasteiger partial charge in [-0.3, -0.25) is 0 Å². The van der Waals surface area contributed by atoms with Crippen molar-refractivity contribution in [2.75, 3.05) is 18.5 Å². The van der Waals surface area contributed by atoms with E-state index in [0.717, 1.165) is 36.4 Å². The van der Waals surface area contributed by atoms with E-state index in [1.807, 2.05) is 10.6 Å². The highest BCUT2D eigenvalue weighted by molar-refractivity contribution is 5.51. The van der Waals surface area contributed by atoms with Crippen LogP contribution < -0.4 is 5.32 Å². The van der Waals surface area contributed by atoms with Crippen molar-refractivity contribution in [1.29, 1.82) is 0 Å². The average molecular weight is 260 g/mol. The van der Waals surface area contributed by atoms with Crippen LogP contribution in [0.5, 0.6) is 0 Å². The lowest BCUT2D eigenvalue weighted by atomic mass is 9.87. The van der Waals surface area contributed by atoms with Gasteiger partial charge in [-0.15, -0.1) is 0 Å². The largest absolute Gasteiger partial charge is 0.396 e. The van der Waals surface area contributed by atoms with E-state index < -0.39 is 0 Å². The van der Waals surface area contributed by atoms with Crippen molar-refractivity contribution in [3.8, 4) is 0 Å². The zero-order valence-electron chi connectivity index (χ0n) is 11.3. The van der Waals surface area contributed by atoms with Gasteiger partial charge in [0.25, 0.3) is 0 Å².